The van der Waals surface area contributed by atoms with Crippen LogP contribution in [0.4, 0.5) is 0 Å². The molecule has 2 fully saturated rings. The van der Waals surface area contributed by atoms with Crippen molar-refractivity contribution in [3.63, 3.8) is 0 Å². The summed E-state index contributed by atoms with van der Waals surface area (Å²) in [5.41, 5.74) is 0.745. The largest absolute Gasteiger partial charge is 0.336 e. The molecule has 1 aromatic carbocycles. The molecule has 0 aromatic heterocycles. The van der Waals surface area contributed by atoms with Gasteiger partial charge in [0.25, 0.3) is 5.91 Å². The molecular formula is C14H16Br2N2O. The van der Waals surface area contributed by atoms with Gasteiger partial charge in [0.2, 0.25) is 0 Å². The van der Waals surface area contributed by atoms with Crippen molar-refractivity contribution < 1.29 is 4.79 Å². The number of nitrogens with zero attached hydrogens (tertiary/aromatic N) is 2. The number of carbonyl (C=O) groups excluding carboxylic acids is 1. The van der Waals surface area contributed by atoms with Gasteiger partial charge in [0.1, 0.15) is 0 Å². The molecule has 1 saturated heterocycles. The second-order valence-corrected chi connectivity index (χ2v) is 6.95. The highest BCUT2D eigenvalue weighted by atomic mass is 79.9. The van der Waals surface area contributed by atoms with Crippen molar-refractivity contribution in [2.24, 2.45) is 0 Å². The van der Waals surface area contributed by atoms with Crippen LogP contribution in [0.1, 0.15) is 23.2 Å². The van der Waals surface area contributed by atoms with Gasteiger partial charge in [-0.2, -0.15) is 0 Å². The van der Waals surface area contributed by atoms with Gasteiger partial charge in [-0.15, -0.1) is 0 Å². The Balaban J connectivity index is 1.68. The van der Waals surface area contributed by atoms with E-state index in [2.05, 4.69) is 36.8 Å². The number of piperazine rings is 1. The molecule has 2 aliphatic rings. The van der Waals surface area contributed by atoms with Gasteiger partial charge in [0.05, 0.1) is 5.56 Å². The fourth-order valence-corrected chi connectivity index (χ4v) is 3.34. The summed E-state index contributed by atoms with van der Waals surface area (Å²) in [5, 5.41) is 0. The Morgan fingerprint density at radius 3 is 2.42 bits per heavy atom. The van der Waals surface area contributed by atoms with E-state index in [1.807, 2.05) is 23.1 Å². The number of hydrogen-bond donors (Lipinski definition) is 0. The topological polar surface area (TPSA) is 23.6 Å². The Hall–Kier alpha value is -0.390. The van der Waals surface area contributed by atoms with Gasteiger partial charge in [-0.3, -0.25) is 9.69 Å². The minimum Gasteiger partial charge on any atom is -0.336 e. The molecule has 0 atom stereocenters. The third-order valence-corrected chi connectivity index (χ3v) is 5.01. The Morgan fingerprint density at radius 2 is 1.79 bits per heavy atom. The predicted octanol–water partition coefficient (Wildman–Crippen LogP) is 3.13. The first-order chi connectivity index (χ1) is 9.15. The van der Waals surface area contributed by atoms with Crippen LogP contribution in [0.3, 0.4) is 0 Å². The van der Waals surface area contributed by atoms with Crippen LogP contribution in [-0.2, 0) is 0 Å². The van der Waals surface area contributed by atoms with E-state index in [1.165, 1.54) is 12.8 Å². The number of rotatable bonds is 2. The Bertz CT molecular complexity index is 494. The minimum atomic E-state index is 0.128. The van der Waals surface area contributed by atoms with Crippen LogP contribution in [-0.4, -0.2) is 47.9 Å². The molecule has 1 saturated carbocycles. The average Bonchev–Trinajstić information content (AvgIpc) is 3.25. The van der Waals surface area contributed by atoms with E-state index < -0.39 is 0 Å². The molecule has 1 aliphatic heterocycles. The molecule has 1 heterocycles. The maximum Gasteiger partial charge on any atom is 0.255 e. The standard InChI is InChI=1S/C14H16Br2N2O/c15-10-1-4-13(16)12(9-10)14(19)18-7-5-17(6-8-18)11-2-3-11/h1,4,9,11H,2-3,5-8H2. The summed E-state index contributed by atoms with van der Waals surface area (Å²) in [7, 11) is 0. The zero-order chi connectivity index (χ0) is 13.4. The lowest BCUT2D eigenvalue weighted by atomic mass is 10.2. The highest BCUT2D eigenvalue weighted by Gasteiger charge is 2.32. The molecule has 3 nitrogen and oxygen atoms in total. The summed E-state index contributed by atoms with van der Waals surface area (Å²) >= 11 is 6.89. The summed E-state index contributed by atoms with van der Waals surface area (Å²) in [6.45, 7) is 3.71. The quantitative estimate of drug-likeness (QED) is 0.778. The van der Waals surface area contributed by atoms with E-state index in [1.54, 1.807) is 0 Å². The van der Waals surface area contributed by atoms with Crippen molar-refractivity contribution in [1.29, 1.82) is 0 Å². The predicted molar refractivity (Wildman–Crippen MR) is 82.3 cm³/mol. The molecular weight excluding hydrogens is 372 g/mol. The fraction of sp³-hybridized carbons (Fsp3) is 0.500. The Labute approximate surface area is 130 Å². The first kappa shape index (κ1) is 13.6. The van der Waals surface area contributed by atoms with Crippen LogP contribution >= 0.6 is 31.9 Å². The number of hydrogen-bond acceptors (Lipinski definition) is 2. The average molecular weight is 388 g/mol. The molecule has 102 valence electrons. The molecule has 5 heteroatoms. The lowest BCUT2D eigenvalue weighted by Crippen LogP contribution is -2.49. The number of carbonyl (C=O) groups is 1. The van der Waals surface area contributed by atoms with Gasteiger partial charge >= 0.3 is 0 Å². The smallest absolute Gasteiger partial charge is 0.255 e. The zero-order valence-electron chi connectivity index (χ0n) is 10.6. The number of benzene rings is 1. The van der Waals surface area contributed by atoms with E-state index in [4.69, 9.17) is 0 Å². The van der Waals surface area contributed by atoms with Crippen LogP contribution < -0.4 is 0 Å². The molecule has 3 rings (SSSR count). The van der Waals surface area contributed by atoms with Crippen LogP contribution in [0.2, 0.25) is 0 Å². The SMILES string of the molecule is O=C(c1cc(Br)ccc1Br)N1CCN(C2CC2)CC1. The molecule has 0 spiro atoms. The molecule has 1 aliphatic carbocycles. The van der Waals surface area contributed by atoms with E-state index in [9.17, 15) is 4.79 Å². The molecule has 0 radical (unpaired) electrons. The molecule has 1 amide bonds. The maximum absolute atomic E-state index is 12.5. The van der Waals surface area contributed by atoms with Crippen LogP contribution in [0.15, 0.2) is 27.1 Å². The van der Waals surface area contributed by atoms with Gasteiger partial charge in [-0.1, -0.05) is 15.9 Å². The summed E-state index contributed by atoms with van der Waals surface area (Å²) in [6, 6.07) is 6.54. The first-order valence-corrected chi connectivity index (χ1v) is 8.22. The first-order valence-electron chi connectivity index (χ1n) is 6.63. The molecule has 0 N–H and O–H groups in total. The zero-order valence-corrected chi connectivity index (χ0v) is 13.8. The van der Waals surface area contributed by atoms with E-state index in [0.29, 0.717) is 0 Å². The van der Waals surface area contributed by atoms with Crippen molar-refractivity contribution in [2.45, 2.75) is 18.9 Å². The molecule has 1 aromatic rings. The van der Waals surface area contributed by atoms with Crippen molar-refractivity contribution in [2.75, 3.05) is 26.2 Å². The Morgan fingerprint density at radius 1 is 1.11 bits per heavy atom. The van der Waals surface area contributed by atoms with Crippen LogP contribution in [0.5, 0.6) is 0 Å². The molecule has 0 unspecified atom stereocenters. The van der Waals surface area contributed by atoms with Gasteiger partial charge in [-0.25, -0.2) is 0 Å². The van der Waals surface area contributed by atoms with Gasteiger partial charge in [0, 0.05) is 41.2 Å². The fourth-order valence-electron chi connectivity index (χ4n) is 2.56. The molecule has 19 heavy (non-hydrogen) atoms. The summed E-state index contributed by atoms with van der Waals surface area (Å²) in [6.07, 6.45) is 2.68. The van der Waals surface area contributed by atoms with Crippen molar-refractivity contribution >= 4 is 37.8 Å². The van der Waals surface area contributed by atoms with Gasteiger partial charge < -0.3 is 4.90 Å². The highest BCUT2D eigenvalue weighted by molar-refractivity contribution is 9.11. The lowest BCUT2D eigenvalue weighted by molar-refractivity contribution is 0.0626. The van der Waals surface area contributed by atoms with Gasteiger partial charge in [0.15, 0.2) is 0 Å². The van der Waals surface area contributed by atoms with Crippen molar-refractivity contribution in [3.05, 3.63) is 32.7 Å². The number of amides is 1. The van der Waals surface area contributed by atoms with Gasteiger partial charge in [-0.05, 0) is 47.0 Å². The third-order valence-electron chi connectivity index (χ3n) is 3.82. The number of halogens is 2. The Kier molecular flexibility index (Phi) is 3.96. The van der Waals surface area contributed by atoms with E-state index in [0.717, 1.165) is 46.7 Å². The van der Waals surface area contributed by atoms with Crippen LogP contribution in [0, 0.1) is 0 Å². The summed E-state index contributed by atoms with van der Waals surface area (Å²) < 4.78 is 1.81. The van der Waals surface area contributed by atoms with Crippen molar-refractivity contribution in [3.8, 4) is 0 Å². The van der Waals surface area contributed by atoms with Crippen molar-refractivity contribution in [1.82, 2.24) is 9.80 Å². The van der Waals surface area contributed by atoms with Crippen LogP contribution in [0.25, 0.3) is 0 Å². The monoisotopic (exact) mass is 386 g/mol. The lowest BCUT2D eigenvalue weighted by Gasteiger charge is -2.35. The molecule has 0 bridgehead atoms. The normalized spacial score (nSPS) is 20.6. The second kappa shape index (κ2) is 5.54. The highest BCUT2D eigenvalue weighted by Crippen LogP contribution is 2.28. The van der Waals surface area contributed by atoms with E-state index in [-0.39, 0.29) is 5.91 Å². The summed E-state index contributed by atoms with van der Waals surface area (Å²) in [5.74, 6) is 0.128. The third kappa shape index (κ3) is 3.03. The minimum absolute atomic E-state index is 0.128. The maximum atomic E-state index is 12.5. The second-order valence-electron chi connectivity index (χ2n) is 5.18. The van der Waals surface area contributed by atoms with E-state index >= 15 is 0 Å². The summed E-state index contributed by atoms with van der Waals surface area (Å²) in [4.78, 5) is 17.0.